The predicted molar refractivity (Wildman–Crippen MR) is 122 cm³/mol. The molecule has 0 amide bonds. The first-order valence-electron chi connectivity index (χ1n) is 12.2. The number of nitrogens with two attached hydrogens (primary N) is 1. The van der Waals surface area contributed by atoms with Crippen LogP contribution in [0.1, 0.15) is 50.4 Å². The van der Waals surface area contributed by atoms with Gasteiger partial charge in [0.15, 0.2) is 0 Å². The van der Waals surface area contributed by atoms with E-state index in [1.807, 2.05) is 29.5 Å². The molecule has 6 nitrogen and oxygen atoms in total. The van der Waals surface area contributed by atoms with Crippen LogP contribution in [0.3, 0.4) is 0 Å². The van der Waals surface area contributed by atoms with E-state index in [0.717, 1.165) is 44.1 Å². The average molecular weight is 499 g/mol. The van der Waals surface area contributed by atoms with Gasteiger partial charge in [-0.25, -0.2) is 13.8 Å². The standard InChI is InChI=1S/C24H31F5N6/c1-14(2)35-20(9-19(32-35)15-7-18(24(27,28)29)22(30)31-12-15)23-10-16(23)8-17(11-23)34-5-3-33(4-6-34)13-21(25)26/h7,9,12,14,16-17,21H,3-6,8,10-11,13H2,1-2H3,(H2,30,31)/t16-,17+,23?/m0/s1. The van der Waals surface area contributed by atoms with E-state index in [-0.39, 0.29) is 18.0 Å². The second-order valence-electron chi connectivity index (χ2n) is 10.5. The molecule has 35 heavy (non-hydrogen) atoms. The highest BCUT2D eigenvalue weighted by molar-refractivity contribution is 5.63. The van der Waals surface area contributed by atoms with E-state index in [4.69, 9.17) is 10.8 Å². The summed E-state index contributed by atoms with van der Waals surface area (Å²) in [5, 5.41) is 4.70. The molecule has 192 valence electrons. The van der Waals surface area contributed by atoms with Gasteiger partial charge in [-0.3, -0.25) is 14.5 Å². The molecule has 2 N–H and O–H groups in total. The first kappa shape index (κ1) is 24.4. The number of pyridine rings is 1. The van der Waals surface area contributed by atoms with Gasteiger partial charge in [0.25, 0.3) is 6.43 Å². The van der Waals surface area contributed by atoms with Gasteiger partial charge in [-0.05, 0) is 51.2 Å². The van der Waals surface area contributed by atoms with Crippen molar-refractivity contribution in [2.24, 2.45) is 5.92 Å². The lowest BCUT2D eigenvalue weighted by atomic mass is 9.95. The van der Waals surface area contributed by atoms with Crippen molar-refractivity contribution in [2.75, 3.05) is 38.5 Å². The molecular weight excluding hydrogens is 467 g/mol. The molecule has 2 aromatic rings. The van der Waals surface area contributed by atoms with Crippen LogP contribution in [-0.2, 0) is 11.6 Å². The number of piperazine rings is 1. The molecule has 0 bridgehead atoms. The Labute approximate surface area is 201 Å². The minimum atomic E-state index is -4.59. The molecule has 0 spiro atoms. The van der Waals surface area contributed by atoms with Crippen molar-refractivity contribution in [3.63, 3.8) is 0 Å². The Bertz CT molecular complexity index is 1070. The minimum Gasteiger partial charge on any atom is -0.383 e. The van der Waals surface area contributed by atoms with Crippen LogP contribution in [0.2, 0.25) is 0 Å². The smallest absolute Gasteiger partial charge is 0.383 e. The zero-order chi connectivity index (χ0) is 25.1. The molecule has 3 heterocycles. The highest BCUT2D eigenvalue weighted by Crippen LogP contribution is 2.65. The predicted octanol–water partition coefficient (Wildman–Crippen LogP) is 4.43. The fraction of sp³-hybridized carbons (Fsp3) is 0.667. The van der Waals surface area contributed by atoms with Gasteiger partial charge in [-0.2, -0.15) is 18.3 Å². The summed E-state index contributed by atoms with van der Waals surface area (Å²) in [5.74, 6) is -0.0400. The topological polar surface area (TPSA) is 63.2 Å². The van der Waals surface area contributed by atoms with Crippen molar-refractivity contribution >= 4 is 5.82 Å². The number of aromatic nitrogens is 3. The van der Waals surface area contributed by atoms with Crippen LogP contribution < -0.4 is 5.73 Å². The summed E-state index contributed by atoms with van der Waals surface area (Å²) in [6, 6.07) is 3.39. The van der Waals surface area contributed by atoms with Gasteiger partial charge < -0.3 is 5.73 Å². The van der Waals surface area contributed by atoms with Gasteiger partial charge in [-0.1, -0.05) is 0 Å². The zero-order valence-corrected chi connectivity index (χ0v) is 19.9. The first-order chi connectivity index (χ1) is 16.5. The second-order valence-corrected chi connectivity index (χ2v) is 10.5. The van der Waals surface area contributed by atoms with Crippen molar-refractivity contribution in [1.82, 2.24) is 24.6 Å². The van der Waals surface area contributed by atoms with Crippen molar-refractivity contribution in [2.45, 2.75) is 63.2 Å². The fourth-order valence-corrected chi connectivity index (χ4v) is 6.12. The fourth-order valence-electron chi connectivity index (χ4n) is 6.12. The van der Waals surface area contributed by atoms with Crippen LogP contribution in [0.25, 0.3) is 11.3 Å². The molecule has 2 aliphatic carbocycles. The molecular formula is C24H31F5N6. The number of fused-ring (bicyclic) bond motifs is 1. The number of rotatable bonds is 6. The summed E-state index contributed by atoms with van der Waals surface area (Å²) in [7, 11) is 0. The molecule has 3 atom stereocenters. The van der Waals surface area contributed by atoms with E-state index < -0.39 is 24.0 Å². The van der Waals surface area contributed by atoms with E-state index in [0.29, 0.717) is 36.3 Å². The molecule has 1 unspecified atom stereocenters. The van der Waals surface area contributed by atoms with Crippen LogP contribution in [0.4, 0.5) is 27.8 Å². The van der Waals surface area contributed by atoms with Crippen molar-refractivity contribution in [1.29, 1.82) is 0 Å². The Kier molecular flexibility index (Phi) is 6.06. The third kappa shape index (κ3) is 4.52. The number of nitrogen functional groups attached to an aromatic ring is 1. The maximum Gasteiger partial charge on any atom is 0.419 e. The molecule has 3 fully saturated rings. The maximum absolute atomic E-state index is 13.4. The summed E-state index contributed by atoms with van der Waals surface area (Å²) in [4.78, 5) is 8.02. The van der Waals surface area contributed by atoms with Gasteiger partial charge in [0, 0.05) is 61.1 Å². The van der Waals surface area contributed by atoms with Crippen LogP contribution in [0, 0.1) is 5.92 Å². The van der Waals surface area contributed by atoms with Gasteiger partial charge in [0.1, 0.15) is 5.82 Å². The van der Waals surface area contributed by atoms with E-state index >= 15 is 0 Å². The van der Waals surface area contributed by atoms with Crippen LogP contribution in [0.5, 0.6) is 0 Å². The molecule has 2 aromatic heterocycles. The van der Waals surface area contributed by atoms with Crippen LogP contribution in [0.15, 0.2) is 18.3 Å². The number of hydrogen-bond acceptors (Lipinski definition) is 5. The summed E-state index contributed by atoms with van der Waals surface area (Å²) in [5.41, 5.74) is 6.33. The Hall–Kier alpha value is -2.27. The van der Waals surface area contributed by atoms with Gasteiger partial charge in [-0.15, -0.1) is 0 Å². The largest absolute Gasteiger partial charge is 0.419 e. The van der Waals surface area contributed by atoms with Crippen LogP contribution >= 0.6 is 0 Å². The minimum absolute atomic E-state index is 0.0333. The summed E-state index contributed by atoms with van der Waals surface area (Å²) in [6.45, 7) is 6.74. The van der Waals surface area contributed by atoms with E-state index in [1.54, 1.807) is 0 Å². The van der Waals surface area contributed by atoms with Gasteiger partial charge in [0.05, 0.1) is 17.8 Å². The van der Waals surface area contributed by atoms with E-state index in [2.05, 4.69) is 9.88 Å². The van der Waals surface area contributed by atoms with Crippen molar-refractivity contribution in [3.8, 4) is 11.3 Å². The molecule has 1 saturated heterocycles. The lowest BCUT2D eigenvalue weighted by Crippen LogP contribution is -2.51. The van der Waals surface area contributed by atoms with Crippen molar-refractivity contribution < 1.29 is 22.0 Å². The number of nitrogens with zero attached hydrogens (tertiary/aromatic N) is 5. The second kappa shape index (κ2) is 8.69. The first-order valence-corrected chi connectivity index (χ1v) is 12.2. The lowest BCUT2D eigenvalue weighted by molar-refractivity contribution is -0.137. The zero-order valence-electron chi connectivity index (χ0n) is 19.9. The molecule has 5 rings (SSSR count). The molecule has 3 aliphatic rings. The Morgan fingerprint density at radius 1 is 1.11 bits per heavy atom. The third-order valence-electron chi connectivity index (χ3n) is 7.96. The van der Waals surface area contributed by atoms with E-state index in [1.165, 1.54) is 6.20 Å². The molecule has 2 saturated carbocycles. The summed E-state index contributed by atoms with van der Waals surface area (Å²) >= 11 is 0. The Morgan fingerprint density at radius 2 is 1.83 bits per heavy atom. The van der Waals surface area contributed by atoms with E-state index in [9.17, 15) is 22.0 Å². The Balaban J connectivity index is 1.37. The Morgan fingerprint density at radius 3 is 2.46 bits per heavy atom. The summed E-state index contributed by atoms with van der Waals surface area (Å²) in [6.07, 6.45) is -2.50. The highest BCUT2D eigenvalue weighted by atomic mass is 19.4. The molecule has 0 radical (unpaired) electrons. The summed E-state index contributed by atoms with van der Waals surface area (Å²) < 4.78 is 67.5. The normalized spacial score (nSPS) is 27.7. The highest BCUT2D eigenvalue weighted by Gasteiger charge is 2.63. The van der Waals surface area contributed by atoms with Crippen LogP contribution in [-0.4, -0.2) is 69.8 Å². The third-order valence-corrected chi connectivity index (χ3v) is 7.96. The number of halogens is 5. The van der Waals surface area contributed by atoms with Gasteiger partial charge in [0.2, 0.25) is 0 Å². The maximum atomic E-state index is 13.4. The average Bonchev–Trinajstić information content (AvgIpc) is 3.13. The molecule has 11 heteroatoms. The van der Waals surface area contributed by atoms with Crippen molar-refractivity contribution in [3.05, 3.63) is 29.6 Å². The molecule has 0 aromatic carbocycles. The monoisotopic (exact) mass is 498 g/mol. The number of anilines is 1. The lowest BCUT2D eigenvalue weighted by Gasteiger charge is -2.38. The number of alkyl halides is 5. The molecule has 1 aliphatic heterocycles. The number of hydrogen-bond donors (Lipinski definition) is 1. The quantitative estimate of drug-likeness (QED) is 0.597. The SMILES string of the molecule is CC(C)n1nc(-c2cnc(N)c(C(F)(F)F)c2)cc1C12C[C@H](N3CCN(CC(F)F)CC3)C[C@H]1C2. The van der Waals surface area contributed by atoms with Gasteiger partial charge >= 0.3 is 6.18 Å².